The number of anilines is 1. The Morgan fingerprint density at radius 2 is 1.80 bits per heavy atom. The van der Waals surface area contributed by atoms with Crippen molar-refractivity contribution in [1.29, 1.82) is 0 Å². The maximum Gasteiger partial charge on any atom is 0.260 e. The van der Waals surface area contributed by atoms with Crippen LogP contribution in [0.15, 0.2) is 47.1 Å². The second-order valence-corrected chi connectivity index (χ2v) is 6.81. The van der Waals surface area contributed by atoms with E-state index in [1.807, 2.05) is 20.8 Å². The van der Waals surface area contributed by atoms with Crippen molar-refractivity contribution >= 4 is 11.6 Å². The molecule has 1 amide bonds. The topological polar surface area (TPSA) is 108 Å². The normalized spacial score (nSPS) is 10.8. The van der Waals surface area contributed by atoms with Gasteiger partial charge in [-0.3, -0.25) is 4.79 Å². The van der Waals surface area contributed by atoms with E-state index in [2.05, 4.69) is 25.8 Å². The van der Waals surface area contributed by atoms with E-state index in [4.69, 9.17) is 9.26 Å². The molecule has 4 rings (SSSR count). The van der Waals surface area contributed by atoms with Crippen LogP contribution >= 0.6 is 0 Å². The van der Waals surface area contributed by atoms with Crippen molar-refractivity contribution in [1.82, 2.24) is 25.1 Å². The number of carbonyl (C=O) groups excluding carboxylic acids is 1. The highest BCUT2D eigenvalue weighted by Gasteiger charge is 2.13. The van der Waals surface area contributed by atoms with E-state index in [0.717, 1.165) is 17.0 Å². The van der Waals surface area contributed by atoms with Crippen LogP contribution in [0.2, 0.25) is 0 Å². The fourth-order valence-corrected chi connectivity index (χ4v) is 2.87. The molecule has 3 heterocycles. The van der Waals surface area contributed by atoms with Crippen LogP contribution in [0, 0.1) is 27.7 Å². The van der Waals surface area contributed by atoms with Crippen molar-refractivity contribution in [3.63, 3.8) is 0 Å². The predicted octanol–water partition coefficient (Wildman–Crippen LogP) is 3.93. The monoisotopic (exact) mass is 404 g/mol. The molecule has 0 saturated heterocycles. The summed E-state index contributed by atoms with van der Waals surface area (Å²) in [4.78, 5) is 12.2. The zero-order chi connectivity index (χ0) is 21.3. The highest BCUT2D eigenvalue weighted by atomic mass is 16.5. The van der Waals surface area contributed by atoms with E-state index in [0.29, 0.717) is 34.5 Å². The van der Waals surface area contributed by atoms with Gasteiger partial charge in [0.05, 0.1) is 11.9 Å². The number of amides is 1. The molecule has 0 bridgehead atoms. The molecule has 0 fully saturated rings. The first-order valence-corrected chi connectivity index (χ1v) is 9.30. The minimum absolute atomic E-state index is 0.289. The predicted molar refractivity (Wildman–Crippen MR) is 109 cm³/mol. The van der Waals surface area contributed by atoms with Gasteiger partial charge in [-0.15, -0.1) is 10.2 Å². The number of rotatable bonds is 5. The molecule has 1 N–H and O–H groups in total. The molecule has 0 radical (unpaired) electrons. The Labute approximate surface area is 172 Å². The fraction of sp³-hybridized carbons (Fsp3) is 0.190. The van der Waals surface area contributed by atoms with Gasteiger partial charge in [0.2, 0.25) is 5.88 Å². The lowest BCUT2D eigenvalue weighted by Crippen LogP contribution is -2.11. The van der Waals surface area contributed by atoms with Gasteiger partial charge in [0.25, 0.3) is 5.91 Å². The molecular formula is C21H20N6O3. The van der Waals surface area contributed by atoms with Gasteiger partial charge in [-0.2, -0.15) is 5.10 Å². The van der Waals surface area contributed by atoms with Crippen LogP contribution in [-0.2, 0) is 0 Å². The smallest absolute Gasteiger partial charge is 0.260 e. The summed E-state index contributed by atoms with van der Waals surface area (Å²) in [6.07, 6.45) is 1.39. The molecule has 30 heavy (non-hydrogen) atoms. The fourth-order valence-electron chi connectivity index (χ4n) is 2.87. The highest BCUT2D eigenvalue weighted by molar-refractivity contribution is 6.04. The van der Waals surface area contributed by atoms with Crippen molar-refractivity contribution in [3.05, 3.63) is 70.9 Å². The van der Waals surface area contributed by atoms with Crippen LogP contribution in [0.25, 0.3) is 5.82 Å². The van der Waals surface area contributed by atoms with E-state index in [-0.39, 0.29) is 5.91 Å². The summed E-state index contributed by atoms with van der Waals surface area (Å²) in [6.45, 7) is 7.66. The van der Waals surface area contributed by atoms with E-state index >= 15 is 0 Å². The SMILES string of the molecule is Cc1nn(-c2ccc(Oc3ccc(NC(=O)c4cnoc4C)cc3)nn2)c(C)c1C. The summed E-state index contributed by atoms with van der Waals surface area (Å²) in [6, 6.07) is 10.5. The molecule has 152 valence electrons. The van der Waals surface area contributed by atoms with E-state index in [9.17, 15) is 4.79 Å². The number of benzene rings is 1. The lowest BCUT2D eigenvalue weighted by molar-refractivity contribution is 0.102. The van der Waals surface area contributed by atoms with Crippen molar-refractivity contribution in [2.75, 3.05) is 5.32 Å². The lowest BCUT2D eigenvalue weighted by atomic mass is 10.2. The number of hydrogen-bond acceptors (Lipinski definition) is 7. The Morgan fingerprint density at radius 1 is 1.03 bits per heavy atom. The largest absolute Gasteiger partial charge is 0.438 e. The molecule has 9 nitrogen and oxygen atoms in total. The summed E-state index contributed by atoms with van der Waals surface area (Å²) < 4.78 is 12.4. The second-order valence-electron chi connectivity index (χ2n) is 6.81. The zero-order valence-electron chi connectivity index (χ0n) is 17.0. The number of aromatic nitrogens is 5. The van der Waals surface area contributed by atoms with Gasteiger partial charge in [0.1, 0.15) is 17.1 Å². The summed E-state index contributed by atoms with van der Waals surface area (Å²) >= 11 is 0. The number of aryl methyl sites for hydroxylation is 2. The van der Waals surface area contributed by atoms with Gasteiger partial charge >= 0.3 is 0 Å². The van der Waals surface area contributed by atoms with Crippen LogP contribution in [0.3, 0.4) is 0 Å². The third-order valence-corrected chi connectivity index (χ3v) is 4.83. The minimum atomic E-state index is -0.289. The molecule has 0 aliphatic rings. The number of carbonyl (C=O) groups is 1. The number of ether oxygens (including phenoxy) is 1. The highest BCUT2D eigenvalue weighted by Crippen LogP contribution is 2.23. The molecule has 0 aliphatic heterocycles. The van der Waals surface area contributed by atoms with E-state index < -0.39 is 0 Å². The molecule has 0 unspecified atom stereocenters. The first-order chi connectivity index (χ1) is 14.4. The van der Waals surface area contributed by atoms with E-state index in [1.54, 1.807) is 48.0 Å². The first kappa shape index (κ1) is 19.3. The minimum Gasteiger partial charge on any atom is -0.438 e. The van der Waals surface area contributed by atoms with Crippen LogP contribution in [0.1, 0.15) is 33.1 Å². The molecule has 0 aliphatic carbocycles. The van der Waals surface area contributed by atoms with Gasteiger partial charge in [-0.25, -0.2) is 4.68 Å². The van der Waals surface area contributed by atoms with Crippen molar-refractivity contribution < 1.29 is 14.1 Å². The summed E-state index contributed by atoms with van der Waals surface area (Å²) in [5, 5.41) is 19.2. The van der Waals surface area contributed by atoms with Crippen LogP contribution in [0.4, 0.5) is 5.69 Å². The average Bonchev–Trinajstić information content (AvgIpc) is 3.28. The number of nitrogens with zero attached hydrogens (tertiary/aromatic N) is 5. The maximum absolute atomic E-state index is 12.2. The Balaban J connectivity index is 1.42. The Bertz CT molecular complexity index is 1190. The standard InChI is InChI=1S/C21H20N6O3/c1-12-13(2)26-27(14(12)3)19-9-10-20(25-24-19)29-17-7-5-16(6-8-17)23-21(28)18-11-22-30-15(18)4/h5-11H,1-4H3,(H,23,28). The molecule has 1 aromatic carbocycles. The van der Waals surface area contributed by atoms with Gasteiger partial charge < -0.3 is 14.6 Å². The molecule has 4 aromatic rings. The molecule has 0 saturated carbocycles. The van der Waals surface area contributed by atoms with Gasteiger partial charge in [0, 0.05) is 17.4 Å². The summed E-state index contributed by atoms with van der Waals surface area (Å²) in [7, 11) is 0. The quantitative estimate of drug-likeness (QED) is 0.537. The summed E-state index contributed by atoms with van der Waals surface area (Å²) in [5.41, 5.74) is 4.12. The Kier molecular flexibility index (Phi) is 5.01. The molecule has 3 aromatic heterocycles. The number of hydrogen-bond donors (Lipinski definition) is 1. The van der Waals surface area contributed by atoms with Gasteiger partial charge in [-0.05, 0) is 63.6 Å². The van der Waals surface area contributed by atoms with Crippen LogP contribution in [0.5, 0.6) is 11.6 Å². The van der Waals surface area contributed by atoms with Crippen molar-refractivity contribution in [2.45, 2.75) is 27.7 Å². The zero-order valence-corrected chi connectivity index (χ0v) is 17.0. The van der Waals surface area contributed by atoms with Crippen LogP contribution < -0.4 is 10.1 Å². The third kappa shape index (κ3) is 3.77. The van der Waals surface area contributed by atoms with Crippen molar-refractivity contribution in [3.8, 4) is 17.4 Å². The maximum atomic E-state index is 12.2. The molecule has 0 atom stereocenters. The third-order valence-electron chi connectivity index (χ3n) is 4.83. The van der Waals surface area contributed by atoms with Crippen molar-refractivity contribution in [2.24, 2.45) is 0 Å². The van der Waals surface area contributed by atoms with E-state index in [1.165, 1.54) is 6.20 Å². The Morgan fingerprint density at radius 3 is 2.37 bits per heavy atom. The number of nitrogens with one attached hydrogen (secondary N) is 1. The molecule has 0 spiro atoms. The average molecular weight is 404 g/mol. The Hall–Kier alpha value is -4.01. The van der Waals surface area contributed by atoms with Gasteiger partial charge in [-0.1, -0.05) is 5.16 Å². The molecule has 9 heteroatoms. The lowest BCUT2D eigenvalue weighted by Gasteiger charge is -2.08. The van der Waals surface area contributed by atoms with Gasteiger partial charge in [0.15, 0.2) is 5.82 Å². The van der Waals surface area contributed by atoms with Crippen LogP contribution in [-0.4, -0.2) is 31.0 Å². The summed E-state index contributed by atoms with van der Waals surface area (Å²) in [5.74, 6) is 1.72. The second kappa shape index (κ2) is 7.78. The molecular weight excluding hydrogens is 384 g/mol. The first-order valence-electron chi connectivity index (χ1n) is 9.30.